The smallest absolute Gasteiger partial charge is 0.183 e. The third-order valence-electron chi connectivity index (χ3n) is 5.62. The van der Waals surface area contributed by atoms with Crippen LogP contribution in [-0.2, 0) is 13.5 Å². The summed E-state index contributed by atoms with van der Waals surface area (Å²) in [5.74, 6) is 0.511. The number of nitrogens with one attached hydrogen (secondary N) is 1. The Morgan fingerprint density at radius 1 is 1.00 bits per heavy atom. The van der Waals surface area contributed by atoms with Gasteiger partial charge in [-0.2, -0.15) is 0 Å². The van der Waals surface area contributed by atoms with E-state index in [1.807, 2.05) is 85.3 Å². The van der Waals surface area contributed by atoms with E-state index in [2.05, 4.69) is 15.3 Å². The van der Waals surface area contributed by atoms with Gasteiger partial charge in [-0.25, -0.2) is 19.4 Å². The number of aryl methyl sites for hydroxylation is 2. The highest BCUT2D eigenvalue weighted by molar-refractivity contribution is 6.14. The largest absolute Gasteiger partial charge is 0.337 e. The highest BCUT2D eigenvalue weighted by Gasteiger charge is 2.15. The molecule has 0 atom stereocenters. The van der Waals surface area contributed by atoms with Gasteiger partial charge in [0.25, 0.3) is 0 Å². The van der Waals surface area contributed by atoms with Crippen LogP contribution in [0.4, 0.5) is 21.7 Å². The lowest BCUT2D eigenvalue weighted by Crippen LogP contribution is -2.04. The molecule has 1 N–H and O–H groups in total. The summed E-state index contributed by atoms with van der Waals surface area (Å²) in [7, 11) is 1.91. The van der Waals surface area contributed by atoms with Crippen LogP contribution in [0.25, 0.3) is 11.0 Å². The first-order chi connectivity index (χ1) is 16.6. The van der Waals surface area contributed by atoms with Crippen LogP contribution in [0, 0.1) is 5.82 Å². The Bertz CT molecular complexity index is 1430. The predicted molar refractivity (Wildman–Crippen MR) is 134 cm³/mol. The van der Waals surface area contributed by atoms with Crippen molar-refractivity contribution in [2.45, 2.75) is 13.3 Å². The van der Waals surface area contributed by atoms with Crippen molar-refractivity contribution in [1.82, 2.24) is 19.5 Å². The van der Waals surface area contributed by atoms with Crippen LogP contribution >= 0.6 is 0 Å². The van der Waals surface area contributed by atoms with Crippen molar-refractivity contribution in [2.75, 3.05) is 5.32 Å². The molecule has 0 aliphatic heterocycles. The highest BCUT2D eigenvalue weighted by atomic mass is 19.1. The summed E-state index contributed by atoms with van der Waals surface area (Å²) in [6.07, 6.45) is 5.23. The lowest BCUT2D eigenvalue weighted by atomic mass is 10.0. The average Bonchev–Trinajstić information content (AvgIpc) is 3.25. The molecule has 5 aromatic rings. The minimum Gasteiger partial charge on any atom is -0.337 e. The van der Waals surface area contributed by atoms with Gasteiger partial charge in [-0.05, 0) is 12.0 Å². The quantitative estimate of drug-likeness (QED) is 0.323. The van der Waals surface area contributed by atoms with Crippen molar-refractivity contribution in [3.8, 4) is 0 Å². The Balaban J connectivity index is 1.70. The molecule has 0 fully saturated rings. The first kappa shape index (κ1) is 21.5. The third-order valence-corrected chi connectivity index (χ3v) is 5.62. The van der Waals surface area contributed by atoms with Gasteiger partial charge in [-0.15, -0.1) is 0 Å². The number of anilines is 2. The summed E-state index contributed by atoms with van der Waals surface area (Å²) in [6, 6.07) is 21.8. The maximum Gasteiger partial charge on any atom is 0.183 e. The maximum atomic E-state index is 14.6. The molecular formula is C27H23FN6. The molecule has 2 aromatic carbocycles. The lowest BCUT2D eigenvalue weighted by molar-refractivity contribution is 0.623. The number of aromatic nitrogens is 4. The van der Waals surface area contributed by atoms with Crippen LogP contribution in [0.15, 0.2) is 90.4 Å². The van der Waals surface area contributed by atoms with Crippen LogP contribution < -0.4 is 5.32 Å². The Morgan fingerprint density at radius 3 is 2.32 bits per heavy atom. The van der Waals surface area contributed by atoms with Gasteiger partial charge in [-0.3, -0.25) is 4.98 Å². The molecule has 3 aromatic heterocycles. The zero-order chi connectivity index (χ0) is 23.5. The molecule has 0 aliphatic carbocycles. The van der Waals surface area contributed by atoms with E-state index in [9.17, 15) is 4.39 Å². The number of aliphatic imine (C=N–C) groups is 1. The molecule has 0 amide bonds. The van der Waals surface area contributed by atoms with Gasteiger partial charge in [0.05, 0.1) is 29.4 Å². The van der Waals surface area contributed by atoms with Crippen LogP contribution in [-0.4, -0.2) is 25.2 Å². The third kappa shape index (κ3) is 4.15. The normalized spacial score (nSPS) is 10.9. The highest BCUT2D eigenvalue weighted by Crippen LogP contribution is 2.30. The molecule has 0 saturated heterocycles. The summed E-state index contributed by atoms with van der Waals surface area (Å²) in [4.78, 5) is 18.3. The van der Waals surface area contributed by atoms with Gasteiger partial charge in [0.15, 0.2) is 11.6 Å². The molecule has 0 radical (unpaired) electrons. The standard InChI is InChI=1S/C27H23FN6/c1-3-18-15-29-16-21(28)25(18)31-23-14-22-26(30-17-34(22)2)27(32-23)33-24(19-10-6-4-7-11-19)20-12-8-5-9-13-20/h4-17H,3H2,1-2H3,(H,29,31,32). The second kappa shape index (κ2) is 9.23. The molecule has 6 nitrogen and oxygen atoms in total. The minimum atomic E-state index is -0.425. The van der Waals surface area contributed by atoms with Crippen LogP contribution in [0.2, 0.25) is 0 Å². The van der Waals surface area contributed by atoms with Crippen LogP contribution in [0.1, 0.15) is 23.6 Å². The number of pyridine rings is 2. The van der Waals surface area contributed by atoms with Gasteiger partial charge >= 0.3 is 0 Å². The fraction of sp³-hybridized carbons (Fsp3) is 0.111. The fourth-order valence-corrected chi connectivity index (χ4v) is 3.86. The summed E-state index contributed by atoms with van der Waals surface area (Å²) in [5, 5.41) is 3.16. The van der Waals surface area contributed by atoms with Crippen molar-refractivity contribution >= 4 is 34.1 Å². The Kier molecular flexibility index (Phi) is 5.82. The molecule has 34 heavy (non-hydrogen) atoms. The molecule has 0 saturated carbocycles. The number of rotatable bonds is 6. The Morgan fingerprint density at radius 2 is 1.68 bits per heavy atom. The van der Waals surface area contributed by atoms with Gasteiger partial charge in [0.1, 0.15) is 11.3 Å². The predicted octanol–water partition coefficient (Wildman–Crippen LogP) is 5.98. The van der Waals surface area contributed by atoms with E-state index in [1.54, 1.807) is 12.5 Å². The van der Waals surface area contributed by atoms with E-state index in [-0.39, 0.29) is 0 Å². The average molecular weight is 451 g/mol. The maximum absolute atomic E-state index is 14.6. The van der Waals surface area contributed by atoms with Crippen LogP contribution in [0.3, 0.4) is 0 Å². The molecule has 5 rings (SSSR count). The minimum absolute atomic E-state index is 0.368. The molecule has 0 aliphatic rings. The molecule has 7 heteroatoms. The van der Waals surface area contributed by atoms with Crippen LogP contribution in [0.5, 0.6) is 0 Å². The van der Waals surface area contributed by atoms with E-state index in [0.29, 0.717) is 29.3 Å². The topological polar surface area (TPSA) is 68.0 Å². The zero-order valence-corrected chi connectivity index (χ0v) is 18.9. The zero-order valence-electron chi connectivity index (χ0n) is 18.9. The number of fused-ring (bicyclic) bond motifs is 1. The van der Waals surface area contributed by atoms with E-state index < -0.39 is 5.82 Å². The first-order valence-corrected chi connectivity index (χ1v) is 11.0. The van der Waals surface area contributed by atoms with Crippen molar-refractivity contribution in [2.24, 2.45) is 12.0 Å². The summed E-state index contributed by atoms with van der Waals surface area (Å²) < 4.78 is 16.5. The molecule has 3 heterocycles. The van der Waals surface area contributed by atoms with Crippen molar-refractivity contribution < 1.29 is 4.39 Å². The SMILES string of the molecule is CCc1cncc(F)c1Nc1cc2c(ncn2C)c(N=C(c2ccccc2)c2ccccc2)n1. The second-order valence-corrected chi connectivity index (χ2v) is 7.88. The van der Waals surface area contributed by atoms with Crippen molar-refractivity contribution in [3.05, 3.63) is 108 Å². The number of halogens is 1. The van der Waals surface area contributed by atoms with E-state index in [0.717, 1.165) is 27.9 Å². The number of imidazole rings is 1. The summed E-state index contributed by atoms with van der Waals surface area (Å²) in [6.45, 7) is 1.96. The fourth-order valence-electron chi connectivity index (χ4n) is 3.86. The van der Waals surface area contributed by atoms with E-state index >= 15 is 0 Å². The van der Waals surface area contributed by atoms with Gasteiger partial charge in [-0.1, -0.05) is 67.6 Å². The monoisotopic (exact) mass is 450 g/mol. The van der Waals surface area contributed by atoms with Crippen molar-refractivity contribution in [3.63, 3.8) is 0 Å². The molecule has 0 bridgehead atoms. The molecule has 0 spiro atoms. The van der Waals surface area contributed by atoms with Crippen molar-refractivity contribution in [1.29, 1.82) is 0 Å². The van der Waals surface area contributed by atoms with E-state index in [4.69, 9.17) is 9.98 Å². The Hall–Kier alpha value is -4.39. The second-order valence-electron chi connectivity index (χ2n) is 7.88. The number of benzene rings is 2. The first-order valence-electron chi connectivity index (χ1n) is 11.0. The number of hydrogen-bond donors (Lipinski definition) is 1. The summed E-state index contributed by atoms with van der Waals surface area (Å²) in [5.41, 5.74) is 5.35. The lowest BCUT2D eigenvalue weighted by Gasteiger charge is -2.13. The summed E-state index contributed by atoms with van der Waals surface area (Å²) >= 11 is 0. The number of hydrogen-bond acceptors (Lipinski definition) is 5. The van der Waals surface area contributed by atoms with Gasteiger partial charge < -0.3 is 9.88 Å². The van der Waals surface area contributed by atoms with Gasteiger partial charge in [0.2, 0.25) is 0 Å². The number of nitrogens with zero attached hydrogens (tertiary/aromatic N) is 5. The Labute approximate surface area is 196 Å². The van der Waals surface area contributed by atoms with Gasteiger partial charge in [0, 0.05) is 30.4 Å². The molecule has 0 unspecified atom stereocenters. The van der Waals surface area contributed by atoms with E-state index in [1.165, 1.54) is 6.20 Å². The molecule has 168 valence electrons. The molecular weight excluding hydrogens is 427 g/mol.